The van der Waals surface area contributed by atoms with Crippen LogP contribution in [0, 0.1) is 12.7 Å². The Morgan fingerprint density at radius 1 is 1.12 bits per heavy atom. The van der Waals surface area contributed by atoms with Crippen molar-refractivity contribution in [1.29, 1.82) is 0 Å². The van der Waals surface area contributed by atoms with E-state index in [-0.39, 0.29) is 11.9 Å². The molecule has 1 aliphatic carbocycles. The molecule has 3 aliphatic rings. The molecule has 2 N–H and O–H groups in total. The van der Waals surface area contributed by atoms with Crippen LogP contribution >= 0.6 is 0 Å². The molecule has 2 aliphatic heterocycles. The van der Waals surface area contributed by atoms with Gasteiger partial charge in [-0.15, -0.1) is 0 Å². The third-order valence-electron chi connectivity index (χ3n) is 9.16. The summed E-state index contributed by atoms with van der Waals surface area (Å²) in [4.78, 5) is 34.3. The Hall–Kier alpha value is -4.05. The lowest BCUT2D eigenvalue weighted by Crippen LogP contribution is -2.39. The fourth-order valence-corrected chi connectivity index (χ4v) is 6.86. The molecule has 8 nitrogen and oxygen atoms in total. The average molecular weight is 580 g/mol. The van der Waals surface area contributed by atoms with E-state index in [1.54, 1.807) is 10.6 Å². The van der Waals surface area contributed by atoms with Crippen LogP contribution in [0.25, 0.3) is 16.9 Å². The molecule has 2 amide bonds. The predicted octanol–water partition coefficient (Wildman–Crippen LogP) is 4.50. The number of hydrogen-bond donors (Lipinski definition) is 1. The van der Waals surface area contributed by atoms with Crippen molar-refractivity contribution in [3.63, 3.8) is 0 Å². The second-order valence-corrected chi connectivity index (χ2v) is 13.0. The number of aryl methyl sites for hydroxylation is 1. The van der Waals surface area contributed by atoms with Gasteiger partial charge in [-0.05, 0) is 74.4 Å². The van der Waals surface area contributed by atoms with Crippen LogP contribution in [-0.4, -0.2) is 61.2 Å². The van der Waals surface area contributed by atoms with E-state index < -0.39 is 16.8 Å². The van der Waals surface area contributed by atoms with Gasteiger partial charge in [-0.25, -0.2) is 13.9 Å². The van der Waals surface area contributed by atoms with Crippen LogP contribution in [0.4, 0.5) is 10.1 Å². The molecule has 2 aromatic carbocycles. The van der Waals surface area contributed by atoms with Gasteiger partial charge < -0.3 is 15.5 Å². The van der Waals surface area contributed by atoms with Crippen LogP contribution in [0.3, 0.4) is 0 Å². The van der Waals surface area contributed by atoms with E-state index in [4.69, 9.17) is 15.8 Å². The molecule has 4 aromatic rings. The molecule has 1 saturated heterocycles. The van der Waals surface area contributed by atoms with Crippen LogP contribution in [0.1, 0.15) is 71.0 Å². The summed E-state index contributed by atoms with van der Waals surface area (Å²) >= 11 is 0. The molecule has 1 unspecified atom stereocenters. The fourth-order valence-electron chi connectivity index (χ4n) is 6.56. The van der Waals surface area contributed by atoms with E-state index in [2.05, 4.69) is 29.3 Å². The van der Waals surface area contributed by atoms with Crippen molar-refractivity contribution < 1.29 is 14.0 Å². The first-order valence-corrected chi connectivity index (χ1v) is 15.0. The van der Waals surface area contributed by atoms with Crippen LogP contribution in [0.5, 0.6) is 0 Å². The van der Waals surface area contributed by atoms with Crippen molar-refractivity contribution in [1.82, 2.24) is 19.5 Å². The highest BCUT2D eigenvalue weighted by Gasteiger charge is 2.39. The molecule has 2 fully saturated rings. The molecular weight excluding hydrogens is 547 g/mol. The predicted molar refractivity (Wildman–Crippen MR) is 159 cm³/mol. The van der Waals surface area contributed by atoms with Crippen molar-refractivity contribution >= 4 is 33.4 Å². The first kappa shape index (κ1) is 26.8. The molecule has 7 rings (SSSR count). The summed E-state index contributed by atoms with van der Waals surface area (Å²) in [5, 5.41) is 3.98. The number of amides is 2. The standard InChI is InChI=1S/C32H32FN6O2Si/c1-18-13-22(37-12-10-32(42,17-37)31(34)41)14-24(33)29(18)25-16-28-35-26(15-27(21-7-8-21)39(28)36-25)30(40)38-11-9-20-5-3-4-6-23(20)19(38)2/h3-6,13-16,19,21H,7-12,17H2,1-2H3,(H2,34,41)/t19-,32?/m1/s1. The van der Waals surface area contributed by atoms with Gasteiger partial charge in [0.1, 0.15) is 11.5 Å². The lowest BCUT2D eigenvalue weighted by molar-refractivity contribution is -0.120. The molecule has 0 bridgehead atoms. The highest BCUT2D eigenvalue weighted by Crippen LogP contribution is 2.42. The Kier molecular flexibility index (Phi) is 6.23. The smallest absolute Gasteiger partial charge is 0.273 e. The fraction of sp³-hybridized carbons (Fsp3) is 0.375. The quantitative estimate of drug-likeness (QED) is 0.351. The zero-order valence-corrected chi connectivity index (χ0v) is 24.7. The van der Waals surface area contributed by atoms with Crippen molar-refractivity contribution in [3.8, 4) is 11.3 Å². The number of carbonyl (C=O) groups is 2. The lowest BCUT2D eigenvalue weighted by atomic mass is 9.93. The Morgan fingerprint density at radius 3 is 2.62 bits per heavy atom. The van der Waals surface area contributed by atoms with E-state index in [0.717, 1.165) is 30.5 Å². The van der Waals surface area contributed by atoms with Crippen molar-refractivity contribution in [3.05, 3.63) is 82.4 Å². The third kappa shape index (κ3) is 4.39. The lowest BCUT2D eigenvalue weighted by Gasteiger charge is -2.35. The van der Waals surface area contributed by atoms with Crippen molar-refractivity contribution in [2.24, 2.45) is 5.73 Å². The number of nitrogens with zero attached hydrogens (tertiary/aromatic N) is 5. The Balaban J connectivity index is 1.23. The summed E-state index contributed by atoms with van der Waals surface area (Å²) in [6.45, 7) is 5.52. The highest BCUT2D eigenvalue weighted by molar-refractivity contribution is 6.28. The number of primary amides is 1. The minimum Gasteiger partial charge on any atom is -0.371 e. The van der Waals surface area contributed by atoms with Gasteiger partial charge in [-0.1, -0.05) is 24.3 Å². The first-order chi connectivity index (χ1) is 20.1. The largest absolute Gasteiger partial charge is 0.371 e. The topological polar surface area (TPSA) is 96.8 Å². The minimum atomic E-state index is -0.819. The average Bonchev–Trinajstić information content (AvgIpc) is 3.60. The summed E-state index contributed by atoms with van der Waals surface area (Å²) < 4.78 is 17.5. The van der Waals surface area contributed by atoms with Crippen LogP contribution in [0.15, 0.2) is 48.5 Å². The third-order valence-corrected chi connectivity index (χ3v) is 9.81. The van der Waals surface area contributed by atoms with Crippen LogP contribution in [0.2, 0.25) is 5.04 Å². The summed E-state index contributed by atoms with van der Waals surface area (Å²) in [6, 6.07) is 15.3. The first-order valence-electron chi connectivity index (χ1n) is 14.5. The molecule has 0 spiro atoms. The normalized spacial score (nSPS) is 22.0. The number of aromatic nitrogens is 3. The number of anilines is 1. The van der Waals surface area contributed by atoms with Gasteiger partial charge >= 0.3 is 0 Å². The number of halogens is 1. The molecule has 4 heterocycles. The summed E-state index contributed by atoms with van der Waals surface area (Å²) in [5.41, 5.74) is 12.2. The molecule has 2 atom stereocenters. The highest BCUT2D eigenvalue weighted by atomic mass is 28.1. The second-order valence-electron chi connectivity index (χ2n) is 12.0. The minimum absolute atomic E-state index is 0.0475. The van der Waals surface area contributed by atoms with E-state index in [9.17, 15) is 9.59 Å². The van der Waals surface area contributed by atoms with Crippen molar-refractivity contribution in [2.45, 2.75) is 56.5 Å². The van der Waals surface area contributed by atoms with Crippen LogP contribution in [-0.2, 0) is 11.2 Å². The Labute approximate surface area is 247 Å². The maximum Gasteiger partial charge on any atom is 0.273 e. The number of carbonyl (C=O) groups excluding carboxylic acids is 2. The number of nitrogens with two attached hydrogens (primary N) is 1. The van der Waals surface area contributed by atoms with Gasteiger partial charge in [-0.3, -0.25) is 9.59 Å². The zero-order valence-electron chi connectivity index (χ0n) is 23.7. The van der Waals surface area contributed by atoms with E-state index in [1.165, 1.54) is 17.2 Å². The van der Waals surface area contributed by atoms with Gasteiger partial charge in [-0.2, -0.15) is 5.10 Å². The number of benzene rings is 2. The number of rotatable bonds is 5. The summed E-state index contributed by atoms with van der Waals surface area (Å²) in [6.07, 6.45) is 3.40. The van der Waals surface area contributed by atoms with E-state index >= 15 is 4.39 Å². The molecule has 3 radical (unpaired) electrons. The number of hydrogen-bond acceptors (Lipinski definition) is 5. The van der Waals surface area contributed by atoms with Gasteiger partial charge in [0.2, 0.25) is 5.91 Å². The Bertz CT molecular complexity index is 1740. The molecule has 1 saturated carbocycles. The monoisotopic (exact) mass is 579 g/mol. The maximum absolute atomic E-state index is 15.8. The molecule has 42 heavy (non-hydrogen) atoms. The maximum atomic E-state index is 15.8. The molecule has 213 valence electrons. The molecule has 10 heteroatoms. The zero-order chi connectivity index (χ0) is 29.3. The van der Waals surface area contributed by atoms with Gasteiger partial charge in [0, 0.05) is 58.8 Å². The van der Waals surface area contributed by atoms with Gasteiger partial charge in [0.25, 0.3) is 5.91 Å². The van der Waals surface area contributed by atoms with Gasteiger partial charge in [0.15, 0.2) is 5.65 Å². The molecule has 2 aromatic heterocycles. The van der Waals surface area contributed by atoms with Crippen LogP contribution < -0.4 is 10.6 Å². The summed E-state index contributed by atoms with van der Waals surface area (Å²) in [5.74, 6) is -0.617. The number of fused-ring (bicyclic) bond motifs is 2. The molecular formula is C32H32FN6O2Si. The Morgan fingerprint density at radius 2 is 1.90 bits per heavy atom. The van der Waals surface area contributed by atoms with E-state index in [0.29, 0.717) is 60.3 Å². The summed E-state index contributed by atoms with van der Waals surface area (Å²) in [7, 11) is 3.53. The SMILES string of the molecule is Cc1cc(N2CCC([Si])(C(N)=O)C2)cc(F)c1-c1cc2nc(C(=O)N3CCc4ccccc4[C@H]3C)cc(C3CC3)n2n1. The van der Waals surface area contributed by atoms with Crippen molar-refractivity contribution in [2.75, 3.05) is 24.5 Å². The van der Waals surface area contributed by atoms with E-state index in [1.807, 2.05) is 41.0 Å². The van der Waals surface area contributed by atoms with Gasteiger partial charge in [0.05, 0.1) is 16.8 Å². The second kappa shape index (κ2) is 9.76.